The molecule has 0 spiro atoms. The smallest absolute Gasteiger partial charge is 0.351 e. The number of rotatable bonds is 9. The van der Waals surface area contributed by atoms with Gasteiger partial charge in [0, 0.05) is 23.9 Å². The maximum absolute atomic E-state index is 12.9. The van der Waals surface area contributed by atoms with Crippen LogP contribution in [0, 0.1) is 0 Å². The SMILES string of the molecule is CC1O[C@@H](n2ccc(NC(=O)c3ccc(NC(=O)[C@@](C)(N)CO)cc3)nc2=O)CC(O)[C@H]1O[C@@H]1OC(C)[C@@H](N(C)C)C(O)C1O. The third kappa shape index (κ3) is 7.74. The van der Waals surface area contributed by atoms with Gasteiger partial charge >= 0.3 is 5.69 Å². The number of nitrogens with two attached hydrogens (primary N) is 1. The molecular formula is C29H42N6O10. The van der Waals surface area contributed by atoms with Crippen LogP contribution in [0.2, 0.25) is 0 Å². The molecule has 8 N–H and O–H groups in total. The van der Waals surface area contributed by atoms with Crippen molar-refractivity contribution in [2.24, 2.45) is 5.73 Å². The molecule has 16 nitrogen and oxygen atoms in total. The number of aromatic nitrogens is 2. The van der Waals surface area contributed by atoms with Gasteiger partial charge in [-0.2, -0.15) is 4.98 Å². The lowest BCUT2D eigenvalue weighted by Crippen LogP contribution is -2.63. The molecule has 2 aromatic rings. The minimum Gasteiger partial charge on any atom is -0.394 e. The van der Waals surface area contributed by atoms with Crippen molar-refractivity contribution >= 4 is 23.3 Å². The summed E-state index contributed by atoms with van der Waals surface area (Å²) in [6.07, 6.45) is -6.52. The summed E-state index contributed by atoms with van der Waals surface area (Å²) in [7, 11) is 3.53. The maximum Gasteiger partial charge on any atom is 0.351 e. The summed E-state index contributed by atoms with van der Waals surface area (Å²) >= 11 is 0. The highest BCUT2D eigenvalue weighted by Gasteiger charge is 2.47. The first-order valence-corrected chi connectivity index (χ1v) is 14.5. The van der Waals surface area contributed by atoms with E-state index in [9.17, 15) is 34.8 Å². The molecule has 2 aliphatic rings. The second kappa shape index (κ2) is 14.0. The predicted molar refractivity (Wildman–Crippen MR) is 160 cm³/mol. The first-order valence-electron chi connectivity index (χ1n) is 14.5. The van der Waals surface area contributed by atoms with Crippen LogP contribution in [0.1, 0.15) is 43.8 Å². The Bertz CT molecular complexity index is 1390. The third-order valence-electron chi connectivity index (χ3n) is 7.99. The Hall–Kier alpha value is -3.32. The Balaban J connectivity index is 1.36. The summed E-state index contributed by atoms with van der Waals surface area (Å²) < 4.78 is 18.9. The number of aliphatic hydroxyl groups is 4. The number of nitrogens with one attached hydrogen (secondary N) is 2. The van der Waals surface area contributed by atoms with Gasteiger partial charge in [0.05, 0.1) is 31.0 Å². The number of carbonyl (C=O) groups is 2. The average Bonchev–Trinajstić information content (AvgIpc) is 2.97. The van der Waals surface area contributed by atoms with Gasteiger partial charge < -0.3 is 55.9 Å². The van der Waals surface area contributed by atoms with Gasteiger partial charge in [-0.15, -0.1) is 0 Å². The summed E-state index contributed by atoms with van der Waals surface area (Å²) in [5, 5.41) is 46.5. The monoisotopic (exact) mass is 634 g/mol. The molecule has 5 unspecified atom stereocenters. The number of likely N-dealkylation sites (N-methyl/N-ethyl adjacent to an activating group) is 1. The molecule has 1 aromatic heterocycles. The van der Waals surface area contributed by atoms with Gasteiger partial charge in [0.2, 0.25) is 5.91 Å². The van der Waals surface area contributed by atoms with Crippen molar-refractivity contribution in [3.8, 4) is 0 Å². The van der Waals surface area contributed by atoms with Crippen molar-refractivity contribution in [2.75, 3.05) is 31.3 Å². The fourth-order valence-electron chi connectivity index (χ4n) is 5.36. The molecule has 0 radical (unpaired) electrons. The quantitative estimate of drug-likeness (QED) is 0.168. The lowest BCUT2D eigenvalue weighted by atomic mass is 9.95. The van der Waals surface area contributed by atoms with Gasteiger partial charge in [-0.05, 0) is 65.2 Å². The van der Waals surface area contributed by atoms with Crippen LogP contribution in [0.4, 0.5) is 11.5 Å². The number of hydrogen-bond acceptors (Lipinski definition) is 13. The van der Waals surface area contributed by atoms with E-state index in [4.69, 9.17) is 19.9 Å². The van der Waals surface area contributed by atoms with E-state index in [1.807, 2.05) is 0 Å². The average molecular weight is 635 g/mol. The highest BCUT2D eigenvalue weighted by atomic mass is 16.7. The first kappa shape index (κ1) is 34.6. The van der Waals surface area contributed by atoms with Gasteiger partial charge in [-0.25, -0.2) is 4.79 Å². The standard InChI is InChI=1S/C29H42N6O10/c1-14-21(34(4)5)22(38)23(39)26(44-14)45-24-15(2)43-20(12-18(24)37)35-11-10-19(33-28(35)42)32-25(40)16-6-8-17(9-7-16)31-27(41)29(3,30)13-36/h6-11,14-15,18,20-24,26,36-39H,12-13,30H2,1-5H3,(H,31,41)(H,32,33,40,42)/t14?,15?,18?,20-,21-,22?,23?,24+,26+,29+/m1/s1. The Morgan fingerprint density at radius 3 is 2.33 bits per heavy atom. The molecule has 45 heavy (non-hydrogen) atoms. The lowest BCUT2D eigenvalue weighted by Gasteiger charge is -2.46. The maximum atomic E-state index is 12.9. The van der Waals surface area contributed by atoms with E-state index in [-0.39, 0.29) is 17.8 Å². The molecular weight excluding hydrogens is 592 g/mol. The van der Waals surface area contributed by atoms with Crippen LogP contribution in [0.15, 0.2) is 41.3 Å². The van der Waals surface area contributed by atoms with Crippen molar-refractivity contribution in [3.05, 3.63) is 52.6 Å². The predicted octanol–water partition coefficient (Wildman–Crippen LogP) is -1.41. The zero-order valence-electron chi connectivity index (χ0n) is 25.7. The molecule has 2 amide bonds. The van der Waals surface area contributed by atoms with Gasteiger partial charge in [0.15, 0.2) is 6.29 Å². The van der Waals surface area contributed by atoms with Crippen molar-refractivity contribution < 1.29 is 44.2 Å². The molecule has 3 heterocycles. The number of aliphatic hydroxyl groups excluding tert-OH is 4. The molecule has 16 heteroatoms. The van der Waals surface area contributed by atoms with E-state index in [1.165, 1.54) is 48.0 Å². The number of benzene rings is 1. The largest absolute Gasteiger partial charge is 0.394 e. The number of amides is 2. The summed E-state index contributed by atoms with van der Waals surface area (Å²) in [5.74, 6) is -1.17. The van der Waals surface area contributed by atoms with Crippen molar-refractivity contribution in [1.82, 2.24) is 14.5 Å². The summed E-state index contributed by atoms with van der Waals surface area (Å²) in [6, 6.07) is 6.83. The van der Waals surface area contributed by atoms with Crippen LogP contribution < -0.4 is 22.1 Å². The van der Waals surface area contributed by atoms with E-state index in [0.717, 1.165) is 0 Å². The minimum atomic E-state index is -1.47. The molecule has 0 saturated carbocycles. The molecule has 2 saturated heterocycles. The highest BCUT2D eigenvalue weighted by molar-refractivity contribution is 6.04. The second-order valence-corrected chi connectivity index (χ2v) is 11.9. The van der Waals surface area contributed by atoms with E-state index in [2.05, 4.69) is 15.6 Å². The highest BCUT2D eigenvalue weighted by Crippen LogP contribution is 2.32. The van der Waals surface area contributed by atoms with Crippen LogP contribution in [0.5, 0.6) is 0 Å². The molecule has 4 rings (SSSR count). The zero-order chi connectivity index (χ0) is 33.2. The van der Waals surface area contributed by atoms with E-state index in [1.54, 1.807) is 32.8 Å². The summed E-state index contributed by atoms with van der Waals surface area (Å²) in [5.41, 5.74) is 4.10. The number of anilines is 2. The number of hydrogen-bond donors (Lipinski definition) is 7. The first-order chi connectivity index (χ1) is 21.1. The number of carbonyl (C=O) groups excluding carboxylic acids is 2. The van der Waals surface area contributed by atoms with E-state index in [0.29, 0.717) is 5.69 Å². The third-order valence-corrected chi connectivity index (χ3v) is 7.99. The topological polar surface area (TPSA) is 231 Å². The molecule has 2 fully saturated rings. The Labute approximate surface area is 259 Å². The normalized spacial score (nSPS) is 31.7. The van der Waals surface area contributed by atoms with Gasteiger partial charge in [0.25, 0.3) is 5.91 Å². The number of ether oxygens (including phenoxy) is 3. The van der Waals surface area contributed by atoms with Crippen LogP contribution in [0.25, 0.3) is 0 Å². The minimum absolute atomic E-state index is 0.0155. The summed E-state index contributed by atoms with van der Waals surface area (Å²) in [4.78, 5) is 43.4. The Morgan fingerprint density at radius 1 is 1.09 bits per heavy atom. The van der Waals surface area contributed by atoms with E-state index >= 15 is 0 Å². The molecule has 1 aromatic carbocycles. The van der Waals surface area contributed by atoms with Crippen LogP contribution in [-0.2, 0) is 19.0 Å². The van der Waals surface area contributed by atoms with Crippen molar-refractivity contribution in [3.63, 3.8) is 0 Å². The molecule has 248 valence electrons. The summed E-state index contributed by atoms with van der Waals surface area (Å²) in [6.45, 7) is 4.23. The van der Waals surface area contributed by atoms with Crippen molar-refractivity contribution in [2.45, 2.75) is 87.9 Å². The molecule has 10 atom stereocenters. The zero-order valence-corrected chi connectivity index (χ0v) is 25.7. The fraction of sp³-hybridized carbons (Fsp3) is 0.586. The van der Waals surface area contributed by atoms with Gasteiger partial charge in [0.1, 0.15) is 35.9 Å². The van der Waals surface area contributed by atoms with Gasteiger partial charge in [-0.3, -0.25) is 14.2 Å². The van der Waals surface area contributed by atoms with Crippen LogP contribution in [0.3, 0.4) is 0 Å². The Morgan fingerprint density at radius 2 is 1.76 bits per heavy atom. The lowest BCUT2D eigenvalue weighted by molar-refractivity contribution is -0.322. The molecule has 0 aliphatic carbocycles. The number of nitrogens with zero attached hydrogens (tertiary/aromatic N) is 3. The Kier molecular flexibility index (Phi) is 10.7. The van der Waals surface area contributed by atoms with Crippen molar-refractivity contribution in [1.29, 1.82) is 0 Å². The molecule has 2 aliphatic heterocycles. The van der Waals surface area contributed by atoms with E-state index < -0.39 is 84.8 Å². The second-order valence-electron chi connectivity index (χ2n) is 11.9. The van der Waals surface area contributed by atoms with Crippen LogP contribution >= 0.6 is 0 Å². The van der Waals surface area contributed by atoms with Crippen LogP contribution in [-0.4, -0.2) is 122 Å². The fourth-order valence-corrected chi connectivity index (χ4v) is 5.36. The van der Waals surface area contributed by atoms with Gasteiger partial charge in [-0.1, -0.05) is 0 Å². The molecule has 0 bridgehead atoms.